The molecular weight excluding hydrogens is 216 g/mol. The summed E-state index contributed by atoms with van der Waals surface area (Å²) in [5, 5.41) is 0.700. The molecule has 2 nitrogen and oxygen atoms in total. The first kappa shape index (κ1) is 11.4. The largest absolute Gasteiger partial charge is 0.392 e. The van der Waals surface area contributed by atoms with Gasteiger partial charge in [-0.1, -0.05) is 36.0 Å². The molecule has 0 fully saturated rings. The van der Waals surface area contributed by atoms with Crippen LogP contribution in [0.1, 0.15) is 11.6 Å². The van der Waals surface area contributed by atoms with Gasteiger partial charge in [0.05, 0.1) is 11.0 Å². The lowest BCUT2D eigenvalue weighted by Crippen LogP contribution is -2.31. The van der Waals surface area contributed by atoms with Crippen LogP contribution in [0.5, 0.6) is 0 Å². The van der Waals surface area contributed by atoms with E-state index in [1.54, 1.807) is 0 Å². The average Bonchev–Trinajstić information content (AvgIpc) is 2.02. The molecule has 0 amide bonds. The lowest BCUT2D eigenvalue weighted by molar-refractivity contribution is 0.371. The molecular formula is C10H13ClN2S. The van der Waals surface area contributed by atoms with Crippen LogP contribution in [0.4, 0.5) is 0 Å². The van der Waals surface area contributed by atoms with Gasteiger partial charge >= 0.3 is 0 Å². The summed E-state index contributed by atoms with van der Waals surface area (Å²) in [6.07, 6.45) is 0. The molecule has 0 bridgehead atoms. The maximum atomic E-state index is 5.90. The monoisotopic (exact) mass is 228 g/mol. The van der Waals surface area contributed by atoms with Crippen LogP contribution in [-0.2, 0) is 0 Å². The molecule has 14 heavy (non-hydrogen) atoms. The second-order valence-electron chi connectivity index (χ2n) is 3.32. The highest BCUT2D eigenvalue weighted by atomic mass is 35.5. The SMILES string of the molecule is CN(C)C(C(N)=S)c1cccc(Cl)c1. The quantitative estimate of drug-likeness (QED) is 0.805. The van der Waals surface area contributed by atoms with Crippen molar-refractivity contribution in [3.63, 3.8) is 0 Å². The van der Waals surface area contributed by atoms with Gasteiger partial charge in [-0.25, -0.2) is 0 Å². The summed E-state index contributed by atoms with van der Waals surface area (Å²) < 4.78 is 0. The molecule has 1 rings (SSSR count). The Bertz CT molecular complexity index is 339. The van der Waals surface area contributed by atoms with E-state index >= 15 is 0 Å². The third-order valence-electron chi connectivity index (χ3n) is 1.95. The Balaban J connectivity index is 3.05. The van der Waals surface area contributed by atoms with E-state index in [2.05, 4.69) is 0 Å². The Labute approximate surface area is 94.7 Å². The van der Waals surface area contributed by atoms with Crippen LogP contribution < -0.4 is 5.73 Å². The Kier molecular flexibility index (Phi) is 3.86. The van der Waals surface area contributed by atoms with Crippen LogP contribution in [0.3, 0.4) is 0 Å². The van der Waals surface area contributed by atoms with Crippen molar-refractivity contribution in [1.29, 1.82) is 0 Å². The maximum Gasteiger partial charge on any atom is 0.0948 e. The zero-order chi connectivity index (χ0) is 10.7. The maximum absolute atomic E-state index is 5.90. The molecule has 1 atom stereocenters. The zero-order valence-electron chi connectivity index (χ0n) is 8.20. The molecule has 4 heteroatoms. The van der Waals surface area contributed by atoms with Crippen molar-refractivity contribution in [3.05, 3.63) is 34.9 Å². The van der Waals surface area contributed by atoms with Crippen molar-refractivity contribution in [2.45, 2.75) is 6.04 Å². The highest BCUT2D eigenvalue weighted by molar-refractivity contribution is 7.80. The first-order valence-electron chi connectivity index (χ1n) is 4.23. The molecule has 1 aromatic carbocycles. The zero-order valence-corrected chi connectivity index (χ0v) is 9.77. The van der Waals surface area contributed by atoms with Gasteiger partial charge in [-0.15, -0.1) is 0 Å². The van der Waals surface area contributed by atoms with E-state index < -0.39 is 0 Å². The smallest absolute Gasteiger partial charge is 0.0948 e. The fourth-order valence-corrected chi connectivity index (χ4v) is 1.94. The van der Waals surface area contributed by atoms with E-state index in [1.807, 2.05) is 43.3 Å². The Morgan fingerprint density at radius 1 is 1.50 bits per heavy atom. The number of rotatable bonds is 3. The predicted octanol–water partition coefficient (Wildman–Crippen LogP) is 2.23. The van der Waals surface area contributed by atoms with Crippen LogP contribution in [0, 0.1) is 0 Å². The van der Waals surface area contributed by atoms with Gasteiger partial charge in [-0.05, 0) is 31.8 Å². The van der Waals surface area contributed by atoms with Crippen molar-refractivity contribution in [1.82, 2.24) is 4.90 Å². The Hall–Kier alpha value is -0.640. The first-order valence-corrected chi connectivity index (χ1v) is 5.02. The van der Waals surface area contributed by atoms with Gasteiger partial charge in [0.2, 0.25) is 0 Å². The van der Waals surface area contributed by atoms with Crippen LogP contribution in [-0.4, -0.2) is 24.0 Å². The molecule has 0 aliphatic rings. The number of hydrogen-bond donors (Lipinski definition) is 1. The molecule has 2 N–H and O–H groups in total. The van der Waals surface area contributed by atoms with Crippen molar-refractivity contribution in [2.75, 3.05) is 14.1 Å². The Morgan fingerprint density at radius 2 is 2.14 bits per heavy atom. The minimum atomic E-state index is -0.0521. The number of nitrogens with two attached hydrogens (primary N) is 1. The summed E-state index contributed by atoms with van der Waals surface area (Å²) in [6, 6.07) is 7.52. The topological polar surface area (TPSA) is 29.3 Å². The number of likely N-dealkylation sites (N-methyl/N-ethyl adjacent to an activating group) is 1. The van der Waals surface area contributed by atoms with E-state index in [9.17, 15) is 0 Å². The molecule has 76 valence electrons. The minimum Gasteiger partial charge on any atom is -0.392 e. The number of nitrogens with zero attached hydrogens (tertiary/aromatic N) is 1. The normalized spacial score (nSPS) is 12.9. The van der Waals surface area contributed by atoms with E-state index in [4.69, 9.17) is 29.6 Å². The van der Waals surface area contributed by atoms with Crippen LogP contribution in [0.15, 0.2) is 24.3 Å². The van der Waals surface area contributed by atoms with Crippen molar-refractivity contribution in [3.8, 4) is 0 Å². The molecule has 0 aromatic heterocycles. The van der Waals surface area contributed by atoms with Gasteiger partial charge in [0.25, 0.3) is 0 Å². The van der Waals surface area contributed by atoms with E-state index in [-0.39, 0.29) is 6.04 Å². The summed E-state index contributed by atoms with van der Waals surface area (Å²) in [7, 11) is 3.87. The molecule has 1 aromatic rings. The predicted molar refractivity (Wildman–Crippen MR) is 64.7 cm³/mol. The Morgan fingerprint density at radius 3 is 2.57 bits per heavy atom. The number of thiocarbonyl (C=S) groups is 1. The van der Waals surface area contributed by atoms with Crippen molar-refractivity contribution in [2.24, 2.45) is 5.73 Å². The van der Waals surface area contributed by atoms with E-state index in [0.717, 1.165) is 5.56 Å². The van der Waals surface area contributed by atoms with Crippen LogP contribution in [0.2, 0.25) is 5.02 Å². The van der Waals surface area contributed by atoms with Crippen molar-refractivity contribution >= 4 is 28.8 Å². The summed E-state index contributed by atoms with van der Waals surface area (Å²) in [4.78, 5) is 2.42. The van der Waals surface area contributed by atoms with Gasteiger partial charge < -0.3 is 5.73 Å². The second-order valence-corrected chi connectivity index (χ2v) is 4.23. The third-order valence-corrected chi connectivity index (χ3v) is 2.41. The molecule has 0 aliphatic carbocycles. The number of benzene rings is 1. The van der Waals surface area contributed by atoms with Crippen LogP contribution >= 0.6 is 23.8 Å². The third kappa shape index (κ3) is 2.67. The first-order chi connectivity index (χ1) is 6.52. The molecule has 0 radical (unpaired) electrons. The highest BCUT2D eigenvalue weighted by Gasteiger charge is 2.16. The summed E-state index contributed by atoms with van der Waals surface area (Å²) in [6.45, 7) is 0. The van der Waals surface area contributed by atoms with E-state index in [1.165, 1.54) is 0 Å². The van der Waals surface area contributed by atoms with Gasteiger partial charge in [0.1, 0.15) is 0 Å². The fraction of sp³-hybridized carbons (Fsp3) is 0.300. The summed E-state index contributed by atoms with van der Waals surface area (Å²) in [5.41, 5.74) is 6.69. The summed E-state index contributed by atoms with van der Waals surface area (Å²) >= 11 is 10.9. The standard InChI is InChI=1S/C10H13ClN2S/c1-13(2)9(10(12)14)7-4-3-5-8(11)6-7/h3-6,9H,1-2H3,(H2,12,14). The van der Waals surface area contributed by atoms with Gasteiger partial charge in [-0.3, -0.25) is 4.90 Å². The molecule has 0 aliphatic heterocycles. The second kappa shape index (κ2) is 4.73. The fourth-order valence-electron chi connectivity index (χ4n) is 1.39. The number of halogens is 1. The van der Waals surface area contributed by atoms with Gasteiger partial charge in [-0.2, -0.15) is 0 Å². The summed E-state index contributed by atoms with van der Waals surface area (Å²) in [5.74, 6) is 0. The molecule has 0 heterocycles. The van der Waals surface area contributed by atoms with Gasteiger partial charge in [0, 0.05) is 5.02 Å². The average molecular weight is 229 g/mol. The minimum absolute atomic E-state index is 0.0521. The van der Waals surface area contributed by atoms with Crippen molar-refractivity contribution < 1.29 is 0 Å². The molecule has 1 unspecified atom stereocenters. The van der Waals surface area contributed by atoms with Gasteiger partial charge in [0.15, 0.2) is 0 Å². The van der Waals surface area contributed by atoms with Crippen LogP contribution in [0.25, 0.3) is 0 Å². The molecule has 0 saturated carbocycles. The van der Waals surface area contributed by atoms with E-state index in [0.29, 0.717) is 10.0 Å². The molecule has 0 saturated heterocycles. The number of hydrogen-bond acceptors (Lipinski definition) is 2. The lowest BCUT2D eigenvalue weighted by atomic mass is 10.1. The highest BCUT2D eigenvalue weighted by Crippen LogP contribution is 2.21. The lowest BCUT2D eigenvalue weighted by Gasteiger charge is -2.23. The molecule has 0 spiro atoms.